The fraction of sp³-hybridized carbons (Fsp3) is 0.895. The van der Waals surface area contributed by atoms with Crippen LogP contribution in [0.1, 0.15) is 34.6 Å². The van der Waals surface area contributed by atoms with Crippen molar-refractivity contribution in [3.8, 4) is 0 Å². The molecule has 0 aliphatic carbocycles. The van der Waals surface area contributed by atoms with Crippen molar-refractivity contribution in [1.82, 2.24) is 20.4 Å². The number of β-amino-alcohol motifs (C(OH)–C–C–N with tert-alkyl or cyclic N) is 1. The second-order valence-electron chi connectivity index (χ2n) is 8.41. The van der Waals surface area contributed by atoms with E-state index in [4.69, 9.17) is 9.47 Å². The van der Waals surface area contributed by atoms with Crippen LogP contribution in [0.4, 0.5) is 4.79 Å². The lowest BCUT2D eigenvalue weighted by molar-refractivity contribution is -0.0180. The van der Waals surface area contributed by atoms with Crippen LogP contribution in [-0.4, -0.2) is 104 Å². The van der Waals surface area contributed by atoms with Gasteiger partial charge in [0.05, 0.1) is 25.4 Å². The Morgan fingerprint density at radius 3 is 2.46 bits per heavy atom. The lowest BCUT2D eigenvalue weighted by Crippen LogP contribution is -2.48. The number of ether oxygens (including phenoxy) is 2. The molecule has 1 unspecified atom stereocenters. The Bertz CT molecular complexity index is 499. The number of carbonyl (C=O) groups is 1. The molecule has 0 bridgehead atoms. The van der Waals surface area contributed by atoms with Crippen LogP contribution in [0, 0.1) is 0 Å². The Morgan fingerprint density at radius 1 is 1.25 bits per heavy atom. The van der Waals surface area contributed by atoms with E-state index in [1.165, 1.54) is 4.90 Å². The zero-order valence-corrected chi connectivity index (χ0v) is 18.4. The van der Waals surface area contributed by atoms with Crippen LogP contribution < -0.4 is 10.6 Å². The Morgan fingerprint density at radius 2 is 1.89 bits per heavy atom. The number of rotatable bonds is 8. The zero-order chi connectivity index (χ0) is 21.2. The molecule has 1 aliphatic heterocycles. The number of likely N-dealkylation sites (N-methyl/N-ethyl adjacent to an activating group) is 1. The fourth-order valence-corrected chi connectivity index (χ4v) is 2.66. The normalized spacial score (nSPS) is 18.3. The number of nitrogens with one attached hydrogen (secondary N) is 2. The van der Waals surface area contributed by atoms with Gasteiger partial charge in [0.1, 0.15) is 5.60 Å². The summed E-state index contributed by atoms with van der Waals surface area (Å²) in [4.78, 5) is 20.2. The maximum Gasteiger partial charge on any atom is 0.410 e. The van der Waals surface area contributed by atoms with Gasteiger partial charge < -0.3 is 30.1 Å². The summed E-state index contributed by atoms with van der Waals surface area (Å²) in [6.07, 6.45) is -0.357. The highest BCUT2D eigenvalue weighted by Gasteiger charge is 2.25. The molecule has 1 aliphatic rings. The minimum atomic E-state index is -0.924. The van der Waals surface area contributed by atoms with Crippen molar-refractivity contribution in [2.45, 2.75) is 45.8 Å². The smallest absolute Gasteiger partial charge is 0.410 e. The van der Waals surface area contributed by atoms with Gasteiger partial charge in [0, 0.05) is 46.3 Å². The molecule has 0 spiro atoms. The maximum atomic E-state index is 12.0. The molecule has 0 aromatic rings. The Hall–Kier alpha value is -1.58. The average Bonchev–Trinajstić information content (AvgIpc) is 2.58. The third-order valence-electron chi connectivity index (χ3n) is 4.03. The summed E-state index contributed by atoms with van der Waals surface area (Å²) in [6, 6.07) is 0. The van der Waals surface area contributed by atoms with Crippen LogP contribution in [0.25, 0.3) is 0 Å². The predicted octanol–water partition coefficient (Wildman–Crippen LogP) is 0.492. The van der Waals surface area contributed by atoms with Gasteiger partial charge >= 0.3 is 6.09 Å². The lowest BCUT2D eigenvalue weighted by atomic mass is 10.1. The van der Waals surface area contributed by atoms with Crippen LogP contribution >= 0.6 is 0 Å². The molecule has 28 heavy (non-hydrogen) atoms. The number of aliphatic hydroxyl groups is 1. The number of aliphatic imine (C=N–C) groups is 1. The van der Waals surface area contributed by atoms with E-state index in [1.807, 2.05) is 27.7 Å². The summed E-state index contributed by atoms with van der Waals surface area (Å²) in [5.74, 6) is 0.613. The first-order valence-corrected chi connectivity index (χ1v) is 10.0. The summed E-state index contributed by atoms with van der Waals surface area (Å²) >= 11 is 0. The van der Waals surface area contributed by atoms with Gasteiger partial charge in [-0.3, -0.25) is 9.89 Å². The quantitative estimate of drug-likeness (QED) is 0.402. The number of carbonyl (C=O) groups excluding carboxylic acids is 1. The van der Waals surface area contributed by atoms with Crippen molar-refractivity contribution in [3.05, 3.63) is 0 Å². The van der Waals surface area contributed by atoms with Gasteiger partial charge in [0.2, 0.25) is 0 Å². The van der Waals surface area contributed by atoms with E-state index in [-0.39, 0.29) is 12.6 Å². The molecule has 9 heteroatoms. The topological polar surface area (TPSA) is 98.7 Å². The predicted molar refractivity (Wildman–Crippen MR) is 111 cm³/mol. The second-order valence-corrected chi connectivity index (χ2v) is 8.41. The van der Waals surface area contributed by atoms with Crippen LogP contribution in [0.2, 0.25) is 0 Å². The highest BCUT2D eigenvalue weighted by atomic mass is 16.6. The first kappa shape index (κ1) is 24.5. The first-order valence-electron chi connectivity index (χ1n) is 10.0. The highest BCUT2D eigenvalue weighted by molar-refractivity contribution is 5.79. The van der Waals surface area contributed by atoms with Crippen LogP contribution in [0.15, 0.2) is 4.99 Å². The molecule has 164 valence electrons. The minimum Gasteiger partial charge on any atom is -0.444 e. The summed E-state index contributed by atoms with van der Waals surface area (Å²) in [5, 5.41) is 17.0. The molecule has 1 saturated heterocycles. The summed E-state index contributed by atoms with van der Waals surface area (Å²) < 4.78 is 10.7. The number of morpholine rings is 1. The first-order chi connectivity index (χ1) is 13.0. The van der Waals surface area contributed by atoms with Gasteiger partial charge in [0.25, 0.3) is 0 Å². The van der Waals surface area contributed by atoms with Gasteiger partial charge in [0.15, 0.2) is 5.96 Å². The Balaban J connectivity index is 2.46. The van der Waals surface area contributed by atoms with Crippen molar-refractivity contribution in [2.75, 3.05) is 66.1 Å². The molecular formula is C19H39N5O4. The van der Waals surface area contributed by atoms with Gasteiger partial charge in [-0.25, -0.2) is 4.79 Å². The largest absolute Gasteiger partial charge is 0.444 e. The number of nitrogens with zero attached hydrogens (tertiary/aromatic N) is 3. The molecule has 0 radical (unpaired) electrons. The molecule has 0 aromatic carbocycles. The molecule has 0 aromatic heterocycles. The van der Waals surface area contributed by atoms with Crippen LogP contribution in [-0.2, 0) is 9.47 Å². The number of hydrogen-bond donors (Lipinski definition) is 3. The molecule has 1 heterocycles. The summed E-state index contributed by atoms with van der Waals surface area (Å²) in [5.41, 5.74) is -1.44. The SMILES string of the molecule is CCNC(=NCC(C)(O)CN1CCOCC1)NCCN(C)C(=O)OC(C)(C)C. The van der Waals surface area contributed by atoms with Gasteiger partial charge in [-0.05, 0) is 34.6 Å². The number of guanidine groups is 1. The standard InChI is InChI=1S/C19H39N5O4/c1-7-20-16(21-8-9-23(6)17(25)28-18(2,3)4)22-14-19(5,26)15-24-10-12-27-13-11-24/h26H,7-15H2,1-6H3,(H2,20,21,22). The molecule has 1 amide bonds. The fourth-order valence-electron chi connectivity index (χ4n) is 2.66. The van der Waals surface area contributed by atoms with Crippen molar-refractivity contribution >= 4 is 12.1 Å². The molecule has 1 atom stereocenters. The third kappa shape index (κ3) is 10.7. The molecule has 1 fully saturated rings. The minimum absolute atomic E-state index is 0.279. The summed E-state index contributed by atoms with van der Waals surface area (Å²) in [7, 11) is 1.70. The van der Waals surface area contributed by atoms with E-state index in [0.717, 1.165) is 13.1 Å². The second kappa shape index (κ2) is 11.4. The Kier molecular flexibility index (Phi) is 9.98. The molecular weight excluding hydrogens is 362 g/mol. The Labute approximate surface area is 169 Å². The number of hydrogen-bond acceptors (Lipinski definition) is 6. The van der Waals surface area contributed by atoms with Crippen LogP contribution in [0.3, 0.4) is 0 Å². The maximum absolute atomic E-state index is 12.0. The molecule has 3 N–H and O–H groups in total. The lowest BCUT2D eigenvalue weighted by Gasteiger charge is -2.33. The van der Waals surface area contributed by atoms with E-state index < -0.39 is 11.2 Å². The monoisotopic (exact) mass is 401 g/mol. The van der Waals surface area contributed by atoms with Gasteiger partial charge in [-0.1, -0.05) is 0 Å². The van der Waals surface area contributed by atoms with Crippen molar-refractivity contribution < 1.29 is 19.4 Å². The summed E-state index contributed by atoms with van der Waals surface area (Å²) in [6.45, 7) is 14.9. The van der Waals surface area contributed by atoms with Gasteiger partial charge in [-0.2, -0.15) is 0 Å². The zero-order valence-electron chi connectivity index (χ0n) is 18.4. The van der Waals surface area contributed by atoms with Crippen molar-refractivity contribution in [1.29, 1.82) is 0 Å². The van der Waals surface area contributed by atoms with E-state index in [0.29, 0.717) is 45.4 Å². The molecule has 9 nitrogen and oxygen atoms in total. The van der Waals surface area contributed by atoms with Crippen LogP contribution in [0.5, 0.6) is 0 Å². The van der Waals surface area contributed by atoms with E-state index in [9.17, 15) is 9.90 Å². The van der Waals surface area contributed by atoms with E-state index in [1.54, 1.807) is 14.0 Å². The van der Waals surface area contributed by atoms with Crippen molar-refractivity contribution in [2.24, 2.45) is 4.99 Å². The molecule has 1 rings (SSSR count). The van der Waals surface area contributed by atoms with E-state index >= 15 is 0 Å². The van der Waals surface area contributed by atoms with Gasteiger partial charge in [-0.15, -0.1) is 0 Å². The number of amides is 1. The van der Waals surface area contributed by atoms with E-state index in [2.05, 4.69) is 20.5 Å². The third-order valence-corrected chi connectivity index (χ3v) is 4.03. The van der Waals surface area contributed by atoms with Crippen molar-refractivity contribution in [3.63, 3.8) is 0 Å². The highest BCUT2D eigenvalue weighted by Crippen LogP contribution is 2.10. The average molecular weight is 402 g/mol. The molecule has 0 saturated carbocycles.